The van der Waals surface area contributed by atoms with E-state index in [-0.39, 0.29) is 33.9 Å². The molecule has 1 aromatic carbocycles. The maximum Gasteiger partial charge on any atom is 0.119 e. The fourth-order valence-electron chi connectivity index (χ4n) is 0.493. The quantitative estimate of drug-likeness (QED) is 0.671. The van der Waals surface area contributed by atoms with Crippen LogP contribution in [0.3, 0.4) is 0 Å². The van der Waals surface area contributed by atoms with E-state index in [4.69, 9.17) is 15.0 Å². The Morgan fingerprint density at radius 2 is 1.45 bits per heavy atom. The zero-order valence-corrected chi connectivity index (χ0v) is 7.10. The fourth-order valence-corrected chi connectivity index (χ4v) is 0.493. The summed E-state index contributed by atoms with van der Waals surface area (Å²) in [6, 6.07) is 5.85. The second-order valence-corrected chi connectivity index (χ2v) is 1.52. The van der Waals surface area contributed by atoms with Crippen molar-refractivity contribution in [1.82, 2.24) is 0 Å². The Kier molecular flexibility index (Phi) is 8.58. The standard InChI is InChI=1S/C6H6O2.CH2O.Ag/c7-5-2-1-3-6(8)4-5;1-2;/h1-4,7-8H;1H2;. The minimum Gasteiger partial charge on any atom is -0.508 e. The number of phenolic OH excluding ortho intramolecular Hbond substituents is 2. The summed E-state index contributed by atoms with van der Waals surface area (Å²) in [5, 5.41) is 17.3. The zero-order valence-electron chi connectivity index (χ0n) is 5.62. The van der Waals surface area contributed by atoms with Crippen molar-refractivity contribution < 1.29 is 37.4 Å². The van der Waals surface area contributed by atoms with Crippen LogP contribution in [0.2, 0.25) is 0 Å². The monoisotopic (exact) mass is 247 g/mol. The normalized spacial score (nSPS) is 6.91. The number of hydrogen-bond donors (Lipinski definition) is 2. The second-order valence-electron chi connectivity index (χ2n) is 1.52. The molecule has 11 heavy (non-hydrogen) atoms. The van der Waals surface area contributed by atoms with Gasteiger partial charge < -0.3 is 15.0 Å². The van der Waals surface area contributed by atoms with Gasteiger partial charge in [-0.3, -0.25) is 0 Å². The van der Waals surface area contributed by atoms with Crippen molar-refractivity contribution in [2.45, 2.75) is 0 Å². The van der Waals surface area contributed by atoms with Crippen LogP contribution in [0.5, 0.6) is 11.5 Å². The Labute approximate surface area is 80.2 Å². The molecular weight excluding hydrogens is 240 g/mol. The van der Waals surface area contributed by atoms with Gasteiger partial charge in [0, 0.05) is 28.4 Å². The third-order valence-corrected chi connectivity index (χ3v) is 0.830. The van der Waals surface area contributed by atoms with E-state index >= 15 is 0 Å². The van der Waals surface area contributed by atoms with Crippen LogP contribution in [0.15, 0.2) is 24.3 Å². The van der Waals surface area contributed by atoms with Gasteiger partial charge in [-0.1, -0.05) is 6.07 Å². The van der Waals surface area contributed by atoms with E-state index in [0.717, 1.165) is 0 Å². The van der Waals surface area contributed by atoms with Crippen molar-refractivity contribution in [3.8, 4) is 11.5 Å². The van der Waals surface area contributed by atoms with E-state index in [1.165, 1.54) is 18.2 Å². The minimum atomic E-state index is 0. The average molecular weight is 248 g/mol. The summed E-state index contributed by atoms with van der Waals surface area (Å²) in [6.07, 6.45) is 0. The molecule has 4 heteroatoms. The minimum absolute atomic E-state index is 0. The molecule has 0 saturated carbocycles. The van der Waals surface area contributed by atoms with Gasteiger partial charge in [0.05, 0.1) is 0 Å². The Bertz CT molecular complexity index is 185. The molecule has 0 atom stereocenters. The molecule has 0 fully saturated rings. The van der Waals surface area contributed by atoms with Gasteiger partial charge in [-0.05, 0) is 12.1 Å². The molecule has 3 nitrogen and oxygen atoms in total. The largest absolute Gasteiger partial charge is 0.508 e. The molecule has 65 valence electrons. The molecular formula is C7H8AgO3. The predicted octanol–water partition coefficient (Wildman–Crippen LogP) is 0.910. The number of hydrogen-bond acceptors (Lipinski definition) is 3. The SMILES string of the molecule is C=O.Oc1cccc(O)c1.[Ag]. The van der Waals surface area contributed by atoms with Crippen LogP contribution in [-0.2, 0) is 27.2 Å². The summed E-state index contributed by atoms with van der Waals surface area (Å²) in [7, 11) is 0. The van der Waals surface area contributed by atoms with E-state index in [1.54, 1.807) is 6.07 Å². The Hall–Kier alpha value is -0.770. The Morgan fingerprint density at radius 1 is 1.09 bits per heavy atom. The van der Waals surface area contributed by atoms with Crippen molar-refractivity contribution >= 4 is 6.79 Å². The molecule has 1 rings (SSSR count). The average Bonchev–Trinajstić information content (AvgIpc) is 1.91. The van der Waals surface area contributed by atoms with Gasteiger partial charge in [-0.2, -0.15) is 0 Å². The van der Waals surface area contributed by atoms with Crippen LogP contribution in [0.1, 0.15) is 0 Å². The van der Waals surface area contributed by atoms with Crippen molar-refractivity contribution in [3.05, 3.63) is 24.3 Å². The van der Waals surface area contributed by atoms with Gasteiger partial charge in [-0.25, -0.2) is 0 Å². The summed E-state index contributed by atoms with van der Waals surface area (Å²) < 4.78 is 0. The van der Waals surface area contributed by atoms with Crippen molar-refractivity contribution in [1.29, 1.82) is 0 Å². The van der Waals surface area contributed by atoms with Gasteiger partial charge in [-0.15, -0.1) is 0 Å². The van der Waals surface area contributed by atoms with E-state index in [9.17, 15) is 0 Å². The van der Waals surface area contributed by atoms with Gasteiger partial charge in [0.2, 0.25) is 0 Å². The van der Waals surface area contributed by atoms with Crippen LogP contribution in [0, 0.1) is 0 Å². The van der Waals surface area contributed by atoms with Crippen LogP contribution in [0.25, 0.3) is 0 Å². The van der Waals surface area contributed by atoms with Gasteiger partial charge in [0.15, 0.2) is 0 Å². The molecule has 0 spiro atoms. The summed E-state index contributed by atoms with van der Waals surface area (Å²) in [5.41, 5.74) is 0. The summed E-state index contributed by atoms with van der Waals surface area (Å²) in [6.45, 7) is 2.00. The first-order chi connectivity index (χ1) is 4.79. The third kappa shape index (κ3) is 5.66. The molecule has 0 aliphatic rings. The summed E-state index contributed by atoms with van der Waals surface area (Å²) >= 11 is 0. The molecule has 0 aromatic heterocycles. The first-order valence-electron chi connectivity index (χ1n) is 2.56. The molecule has 0 aliphatic carbocycles. The first kappa shape index (κ1) is 12.9. The number of aromatic hydroxyl groups is 2. The number of phenols is 2. The van der Waals surface area contributed by atoms with Crippen LogP contribution in [0.4, 0.5) is 0 Å². The smallest absolute Gasteiger partial charge is 0.119 e. The van der Waals surface area contributed by atoms with Crippen molar-refractivity contribution in [3.63, 3.8) is 0 Å². The summed E-state index contributed by atoms with van der Waals surface area (Å²) in [5.74, 6) is 0.176. The maximum atomic E-state index is 8.65. The van der Waals surface area contributed by atoms with Gasteiger partial charge >= 0.3 is 0 Å². The fraction of sp³-hybridized carbons (Fsp3) is 0. The second kappa shape index (κ2) is 7.34. The zero-order chi connectivity index (χ0) is 7.98. The molecule has 1 radical (unpaired) electrons. The molecule has 0 bridgehead atoms. The first-order valence-corrected chi connectivity index (χ1v) is 2.56. The molecule has 0 aliphatic heterocycles. The number of benzene rings is 1. The van der Waals surface area contributed by atoms with Crippen molar-refractivity contribution in [2.24, 2.45) is 0 Å². The molecule has 0 amide bonds. The van der Waals surface area contributed by atoms with Crippen LogP contribution >= 0.6 is 0 Å². The van der Waals surface area contributed by atoms with Crippen LogP contribution in [-0.4, -0.2) is 17.0 Å². The maximum absolute atomic E-state index is 8.65. The molecule has 2 N–H and O–H groups in total. The number of rotatable bonds is 0. The molecule has 0 saturated heterocycles. The molecule has 0 heterocycles. The topological polar surface area (TPSA) is 57.5 Å². The Morgan fingerprint density at radius 3 is 1.64 bits per heavy atom. The van der Waals surface area contributed by atoms with Gasteiger partial charge in [0.1, 0.15) is 18.3 Å². The molecule has 0 unspecified atom stereocenters. The molecule has 1 aromatic rings. The van der Waals surface area contributed by atoms with E-state index in [0.29, 0.717) is 0 Å². The van der Waals surface area contributed by atoms with E-state index < -0.39 is 0 Å². The number of carbonyl (C=O) groups is 1. The van der Waals surface area contributed by atoms with Gasteiger partial charge in [0.25, 0.3) is 0 Å². The van der Waals surface area contributed by atoms with Crippen LogP contribution < -0.4 is 0 Å². The van der Waals surface area contributed by atoms with E-state index in [1.807, 2.05) is 6.79 Å². The van der Waals surface area contributed by atoms with E-state index in [2.05, 4.69) is 0 Å². The predicted molar refractivity (Wildman–Crippen MR) is 36.9 cm³/mol. The third-order valence-electron chi connectivity index (χ3n) is 0.830. The Balaban J connectivity index is 0. The summed E-state index contributed by atoms with van der Waals surface area (Å²) in [4.78, 5) is 8.00. The number of carbonyl (C=O) groups excluding carboxylic acids is 1. The van der Waals surface area contributed by atoms with Crippen molar-refractivity contribution in [2.75, 3.05) is 0 Å².